The van der Waals surface area contributed by atoms with Gasteiger partial charge in [0.2, 0.25) is 0 Å². The Morgan fingerprint density at radius 3 is 2.32 bits per heavy atom. The first-order valence-electron chi connectivity index (χ1n) is 7.02. The van der Waals surface area contributed by atoms with E-state index in [1.54, 1.807) is 36.4 Å². The molecule has 0 spiro atoms. The first-order valence-corrected chi connectivity index (χ1v) is 9.06. The molecule has 0 aliphatic carbocycles. The summed E-state index contributed by atoms with van der Waals surface area (Å²) in [6.07, 6.45) is -2.79. The molecule has 1 aliphatic heterocycles. The Morgan fingerprint density at radius 2 is 1.68 bits per heavy atom. The molecule has 0 atom stereocenters. The zero-order valence-electron chi connectivity index (χ0n) is 12.5. The van der Waals surface area contributed by atoms with Gasteiger partial charge in [0.25, 0.3) is 5.91 Å². The summed E-state index contributed by atoms with van der Waals surface area (Å²) in [5.74, 6) is -0.300. The molecule has 0 aromatic heterocycles. The smallest absolute Gasteiger partial charge is 0.307 e. The molecule has 0 radical (unpaired) electrons. The number of thioether (sulfide) groups is 1. The second-order valence-corrected chi connectivity index (χ2v) is 7.79. The van der Waals surface area contributed by atoms with E-state index < -0.39 is 11.7 Å². The molecule has 0 unspecified atom stereocenters. The molecule has 1 amide bonds. The van der Waals surface area contributed by atoms with Crippen molar-refractivity contribution >= 4 is 52.0 Å². The summed E-state index contributed by atoms with van der Waals surface area (Å²) in [6.45, 7) is 0. The van der Waals surface area contributed by atoms with Gasteiger partial charge < -0.3 is 5.32 Å². The molecule has 8 heteroatoms. The van der Waals surface area contributed by atoms with Gasteiger partial charge in [-0.15, -0.1) is 0 Å². The Hall–Kier alpha value is -1.77. The van der Waals surface area contributed by atoms with Gasteiger partial charge in [0, 0.05) is 9.79 Å². The fourth-order valence-electron chi connectivity index (χ4n) is 2.16. The molecule has 1 fully saturated rings. The molecule has 25 heavy (non-hydrogen) atoms. The van der Waals surface area contributed by atoms with Crippen LogP contribution in [0.25, 0.3) is 6.08 Å². The van der Waals surface area contributed by atoms with E-state index in [4.69, 9.17) is 12.2 Å². The summed E-state index contributed by atoms with van der Waals surface area (Å²) in [6, 6.07) is 12.4. The van der Waals surface area contributed by atoms with Crippen LogP contribution in [-0.4, -0.2) is 10.2 Å². The van der Waals surface area contributed by atoms with Crippen LogP contribution in [0.5, 0.6) is 0 Å². The van der Waals surface area contributed by atoms with Crippen molar-refractivity contribution in [2.24, 2.45) is 0 Å². The van der Waals surface area contributed by atoms with Crippen molar-refractivity contribution in [2.45, 2.75) is 16.0 Å². The molecule has 2 aromatic carbocycles. The molecule has 2 aromatic rings. The molecule has 1 N–H and O–H groups in total. The van der Waals surface area contributed by atoms with Crippen LogP contribution in [0.2, 0.25) is 0 Å². The quantitative estimate of drug-likeness (QED) is 0.559. The lowest BCUT2D eigenvalue weighted by Crippen LogP contribution is -2.17. The minimum absolute atomic E-state index is 0.111. The predicted octanol–water partition coefficient (Wildman–Crippen LogP) is 5.35. The number of rotatable bonds is 3. The summed E-state index contributed by atoms with van der Waals surface area (Å²) in [5.41, 5.74) is -0.0246. The van der Waals surface area contributed by atoms with Crippen LogP contribution < -0.4 is 5.32 Å². The van der Waals surface area contributed by atoms with E-state index >= 15 is 0 Å². The zero-order valence-corrected chi connectivity index (χ0v) is 14.9. The standard InChI is InChI=1S/C17H10F3NOS3/c18-17(19,20)11-6-2-4-8-13(11)24-12-7-3-1-5-10(12)9-14-15(22)21-16(23)25-14/h1-9H,(H,21,22,23). The monoisotopic (exact) mass is 397 g/mol. The Morgan fingerprint density at radius 1 is 1.04 bits per heavy atom. The maximum absolute atomic E-state index is 13.2. The van der Waals surface area contributed by atoms with Gasteiger partial charge in [-0.25, -0.2) is 0 Å². The lowest BCUT2D eigenvalue weighted by Gasteiger charge is -2.13. The summed E-state index contributed by atoms with van der Waals surface area (Å²) in [7, 11) is 0. The van der Waals surface area contributed by atoms with Gasteiger partial charge in [-0.1, -0.05) is 66.1 Å². The number of hydrogen-bond donors (Lipinski definition) is 1. The first-order chi connectivity index (χ1) is 11.8. The average Bonchev–Trinajstić information content (AvgIpc) is 2.86. The summed E-state index contributed by atoms with van der Waals surface area (Å²) in [4.78, 5) is 13.0. The van der Waals surface area contributed by atoms with Crippen LogP contribution in [0, 0.1) is 0 Å². The van der Waals surface area contributed by atoms with E-state index in [-0.39, 0.29) is 10.8 Å². The number of carbonyl (C=O) groups is 1. The Kier molecular flexibility index (Phi) is 5.21. The van der Waals surface area contributed by atoms with Crippen LogP contribution in [0.15, 0.2) is 63.2 Å². The maximum atomic E-state index is 13.2. The van der Waals surface area contributed by atoms with E-state index in [0.717, 1.165) is 29.6 Å². The predicted molar refractivity (Wildman–Crippen MR) is 98.3 cm³/mol. The molecule has 0 saturated carbocycles. The summed E-state index contributed by atoms with van der Waals surface area (Å²) in [5, 5.41) is 2.52. The van der Waals surface area contributed by atoms with Gasteiger partial charge in [-0.3, -0.25) is 4.79 Å². The third-order valence-electron chi connectivity index (χ3n) is 3.26. The van der Waals surface area contributed by atoms with Crippen molar-refractivity contribution in [2.75, 3.05) is 0 Å². The third kappa shape index (κ3) is 4.26. The number of halogens is 3. The fraction of sp³-hybridized carbons (Fsp3) is 0.0588. The second kappa shape index (κ2) is 7.23. The van der Waals surface area contributed by atoms with Crippen molar-refractivity contribution in [3.63, 3.8) is 0 Å². The van der Waals surface area contributed by atoms with E-state index in [1.807, 2.05) is 0 Å². The van der Waals surface area contributed by atoms with Crippen LogP contribution in [0.3, 0.4) is 0 Å². The Balaban J connectivity index is 1.97. The van der Waals surface area contributed by atoms with Crippen molar-refractivity contribution in [3.05, 3.63) is 64.6 Å². The normalized spacial score (nSPS) is 16.4. The SMILES string of the molecule is O=C1NC(=S)SC1=Cc1ccccc1Sc1ccccc1C(F)(F)F. The number of hydrogen-bond acceptors (Lipinski definition) is 4. The van der Waals surface area contributed by atoms with E-state index in [2.05, 4.69) is 5.32 Å². The number of thiocarbonyl (C=S) groups is 1. The molecule has 1 heterocycles. The summed E-state index contributed by atoms with van der Waals surface area (Å²) >= 11 is 7.09. The van der Waals surface area contributed by atoms with Crippen molar-refractivity contribution in [1.82, 2.24) is 5.32 Å². The van der Waals surface area contributed by atoms with Crippen molar-refractivity contribution in [1.29, 1.82) is 0 Å². The van der Waals surface area contributed by atoms with E-state index in [9.17, 15) is 18.0 Å². The molecular weight excluding hydrogens is 387 g/mol. The van der Waals surface area contributed by atoms with Crippen LogP contribution in [0.1, 0.15) is 11.1 Å². The third-order valence-corrected chi connectivity index (χ3v) is 5.59. The molecule has 1 saturated heterocycles. The highest BCUT2D eigenvalue weighted by molar-refractivity contribution is 8.26. The lowest BCUT2D eigenvalue weighted by atomic mass is 10.2. The maximum Gasteiger partial charge on any atom is 0.417 e. The van der Waals surface area contributed by atoms with Gasteiger partial charge >= 0.3 is 6.18 Å². The molecule has 2 nitrogen and oxygen atoms in total. The average molecular weight is 397 g/mol. The first kappa shape index (κ1) is 18.0. The largest absolute Gasteiger partial charge is 0.417 e. The number of alkyl halides is 3. The second-order valence-electron chi connectivity index (χ2n) is 4.99. The number of nitrogens with one attached hydrogen (secondary N) is 1. The highest BCUT2D eigenvalue weighted by Crippen LogP contribution is 2.41. The highest BCUT2D eigenvalue weighted by atomic mass is 32.2. The number of carbonyl (C=O) groups excluding carboxylic acids is 1. The van der Waals surface area contributed by atoms with Crippen molar-refractivity contribution < 1.29 is 18.0 Å². The minimum Gasteiger partial charge on any atom is -0.307 e. The van der Waals surface area contributed by atoms with Gasteiger partial charge in [-0.2, -0.15) is 13.2 Å². The van der Waals surface area contributed by atoms with Gasteiger partial charge in [0.05, 0.1) is 10.5 Å². The van der Waals surface area contributed by atoms with Crippen LogP contribution in [-0.2, 0) is 11.0 Å². The fourth-order valence-corrected chi connectivity index (χ4v) is 4.27. The summed E-state index contributed by atoms with van der Waals surface area (Å²) < 4.78 is 39.9. The molecule has 0 bridgehead atoms. The Bertz CT molecular complexity index is 877. The minimum atomic E-state index is -4.43. The molecule has 1 aliphatic rings. The van der Waals surface area contributed by atoms with E-state index in [0.29, 0.717) is 19.7 Å². The number of amides is 1. The lowest BCUT2D eigenvalue weighted by molar-refractivity contribution is -0.139. The van der Waals surface area contributed by atoms with Crippen molar-refractivity contribution in [3.8, 4) is 0 Å². The van der Waals surface area contributed by atoms with Gasteiger partial charge in [0.1, 0.15) is 4.32 Å². The Labute approximate surface area is 155 Å². The van der Waals surface area contributed by atoms with Crippen LogP contribution in [0.4, 0.5) is 13.2 Å². The topological polar surface area (TPSA) is 29.1 Å². The highest BCUT2D eigenvalue weighted by Gasteiger charge is 2.33. The van der Waals surface area contributed by atoms with E-state index in [1.165, 1.54) is 12.1 Å². The number of benzene rings is 2. The molecule has 3 rings (SSSR count). The van der Waals surface area contributed by atoms with Gasteiger partial charge in [0.15, 0.2) is 0 Å². The zero-order chi connectivity index (χ0) is 18.0. The van der Waals surface area contributed by atoms with Crippen LogP contribution >= 0.6 is 35.7 Å². The molecular formula is C17H10F3NOS3. The van der Waals surface area contributed by atoms with Gasteiger partial charge in [-0.05, 0) is 29.8 Å². The molecule has 128 valence electrons.